The topological polar surface area (TPSA) is 25.9 Å². The monoisotopic (exact) mass is 431 g/mol. The van der Waals surface area contributed by atoms with Crippen LogP contribution < -0.4 is 4.90 Å². The lowest BCUT2D eigenvalue weighted by Crippen LogP contribution is -2.70. The molecule has 0 saturated heterocycles. The van der Waals surface area contributed by atoms with Gasteiger partial charge >= 0.3 is 7.12 Å². The van der Waals surface area contributed by atoms with E-state index in [1.54, 1.807) is 0 Å². The van der Waals surface area contributed by atoms with Crippen LogP contribution in [0.2, 0.25) is 0 Å². The molecule has 0 aromatic carbocycles. The molecule has 0 spiro atoms. The summed E-state index contributed by atoms with van der Waals surface area (Å²) in [7, 11) is 8.91. The Bertz CT molecular complexity index is 663. The third kappa shape index (κ3) is 7.20. The molecule has 0 aliphatic carbocycles. The van der Waals surface area contributed by atoms with Crippen molar-refractivity contribution < 1.29 is 0 Å². The quantitative estimate of drug-likeness (QED) is 0.499. The highest BCUT2D eigenvalue weighted by Crippen LogP contribution is 2.38. The first kappa shape index (κ1) is 27.9. The molecular formula is C25H50BN5. The summed E-state index contributed by atoms with van der Waals surface area (Å²) in [6.07, 6.45) is 4.04. The van der Waals surface area contributed by atoms with Crippen molar-refractivity contribution in [1.29, 1.82) is 0 Å². The van der Waals surface area contributed by atoms with Crippen molar-refractivity contribution in [2.75, 3.05) is 33.1 Å². The van der Waals surface area contributed by atoms with E-state index in [-0.39, 0.29) is 29.3 Å². The van der Waals surface area contributed by atoms with Crippen LogP contribution in [-0.4, -0.2) is 76.9 Å². The van der Waals surface area contributed by atoms with E-state index in [0.717, 1.165) is 18.7 Å². The highest BCUT2D eigenvalue weighted by atomic mass is 15.4. The minimum absolute atomic E-state index is 0.00238. The van der Waals surface area contributed by atoms with Gasteiger partial charge in [0.1, 0.15) is 5.82 Å². The molecule has 6 heteroatoms. The Morgan fingerprint density at radius 3 is 1.55 bits per heavy atom. The number of anilines is 1. The fourth-order valence-corrected chi connectivity index (χ4v) is 5.38. The Morgan fingerprint density at radius 1 is 0.710 bits per heavy atom. The zero-order valence-electron chi connectivity index (χ0n) is 23.0. The Labute approximate surface area is 194 Å². The zero-order chi connectivity index (χ0) is 24.4. The van der Waals surface area contributed by atoms with Gasteiger partial charge in [0.2, 0.25) is 0 Å². The molecule has 0 aliphatic rings. The first-order chi connectivity index (χ1) is 13.8. The highest BCUT2D eigenvalue weighted by Gasteiger charge is 2.46. The summed E-state index contributed by atoms with van der Waals surface area (Å²) < 4.78 is 0. The molecule has 0 saturated carbocycles. The molecule has 1 aromatic heterocycles. The van der Waals surface area contributed by atoms with Crippen LogP contribution in [0.5, 0.6) is 0 Å². The second-order valence-electron chi connectivity index (χ2n) is 12.6. The number of hydrogen-bond acceptors (Lipinski definition) is 5. The van der Waals surface area contributed by atoms with E-state index in [1.165, 1.54) is 0 Å². The second-order valence-corrected chi connectivity index (χ2v) is 12.6. The lowest BCUT2D eigenvalue weighted by molar-refractivity contribution is 0.0799. The third-order valence-corrected chi connectivity index (χ3v) is 6.03. The Morgan fingerprint density at radius 2 is 1.19 bits per heavy atom. The van der Waals surface area contributed by atoms with Gasteiger partial charge in [-0.25, -0.2) is 4.98 Å². The average molecular weight is 432 g/mol. The minimum Gasteiger partial charge on any atom is -0.347 e. The van der Waals surface area contributed by atoms with E-state index in [4.69, 9.17) is 4.98 Å². The van der Waals surface area contributed by atoms with Gasteiger partial charge < -0.3 is 19.3 Å². The molecule has 0 aliphatic heterocycles. The second kappa shape index (κ2) is 9.80. The van der Waals surface area contributed by atoms with Crippen molar-refractivity contribution in [2.24, 2.45) is 0 Å². The van der Waals surface area contributed by atoms with Gasteiger partial charge in [-0.15, -0.1) is 0 Å². The first-order valence-corrected chi connectivity index (χ1v) is 11.7. The molecule has 0 atom stereocenters. The Balaban J connectivity index is 3.28. The smallest absolute Gasteiger partial charge is 0.347 e. The van der Waals surface area contributed by atoms with E-state index in [0.29, 0.717) is 0 Å². The van der Waals surface area contributed by atoms with Crippen LogP contribution in [0.3, 0.4) is 0 Å². The summed E-state index contributed by atoms with van der Waals surface area (Å²) in [5.41, 5.74) is -0.0410. The van der Waals surface area contributed by atoms with E-state index in [9.17, 15) is 0 Å². The third-order valence-electron chi connectivity index (χ3n) is 6.03. The van der Waals surface area contributed by atoms with Crippen LogP contribution in [0.1, 0.15) is 82.1 Å². The van der Waals surface area contributed by atoms with Gasteiger partial charge in [0.05, 0.1) is 0 Å². The molecule has 0 unspecified atom stereocenters. The summed E-state index contributed by atoms with van der Waals surface area (Å²) in [5, 5.41) is 0. The molecule has 178 valence electrons. The van der Waals surface area contributed by atoms with Gasteiger partial charge in [-0.3, -0.25) is 0 Å². The maximum atomic E-state index is 4.71. The number of rotatable bonds is 9. The summed E-state index contributed by atoms with van der Waals surface area (Å²) in [6.45, 7) is 23.4. The molecule has 1 aromatic rings. The summed E-state index contributed by atoms with van der Waals surface area (Å²) >= 11 is 0. The van der Waals surface area contributed by atoms with Crippen LogP contribution in [0.25, 0.3) is 0 Å². The van der Waals surface area contributed by atoms with Gasteiger partial charge in [0.15, 0.2) is 0 Å². The molecule has 0 radical (unpaired) electrons. The SMILES string of the molecule is CN(C)B(N(C)C)N(C(C)(C)C)C(C)(C)CCC(C)(C)N(c1ccccn1)C(C)(C)C. The van der Waals surface area contributed by atoms with E-state index < -0.39 is 0 Å². The van der Waals surface area contributed by atoms with Gasteiger partial charge in [-0.05, 0) is 122 Å². The maximum Gasteiger partial charge on any atom is 0.403 e. The fraction of sp³-hybridized carbons (Fsp3) is 0.800. The first-order valence-electron chi connectivity index (χ1n) is 11.7. The molecule has 5 nitrogen and oxygen atoms in total. The standard InChI is InChI=1S/C25H50BN5/c1-22(2,3)30(21-17-15-16-20-27-21)24(7,8)18-19-25(9,10)31(23(4,5)6)26(28(11)12)29(13)14/h15-17,20H,18-19H2,1-14H3. The molecule has 31 heavy (non-hydrogen) atoms. The van der Waals surface area contributed by atoms with Crippen LogP contribution in [0.15, 0.2) is 24.4 Å². The van der Waals surface area contributed by atoms with Crippen molar-refractivity contribution in [1.82, 2.24) is 19.4 Å². The molecule has 0 N–H and O–H groups in total. The zero-order valence-corrected chi connectivity index (χ0v) is 23.0. The molecular weight excluding hydrogens is 381 g/mol. The van der Waals surface area contributed by atoms with E-state index >= 15 is 0 Å². The summed E-state index contributed by atoms with van der Waals surface area (Å²) in [4.78, 5) is 14.5. The van der Waals surface area contributed by atoms with Crippen molar-refractivity contribution in [3.05, 3.63) is 24.4 Å². The lowest BCUT2D eigenvalue weighted by atomic mass is 9.72. The molecule has 1 heterocycles. The predicted octanol–water partition coefficient (Wildman–Crippen LogP) is 5.23. The van der Waals surface area contributed by atoms with Crippen molar-refractivity contribution in [3.8, 4) is 0 Å². The van der Waals surface area contributed by atoms with Crippen LogP contribution in [0.4, 0.5) is 5.82 Å². The number of pyridine rings is 1. The van der Waals surface area contributed by atoms with Crippen molar-refractivity contribution in [2.45, 2.75) is 104 Å². The number of aromatic nitrogens is 1. The predicted molar refractivity (Wildman–Crippen MR) is 139 cm³/mol. The average Bonchev–Trinajstić information content (AvgIpc) is 2.55. The van der Waals surface area contributed by atoms with E-state index in [2.05, 4.69) is 129 Å². The van der Waals surface area contributed by atoms with Crippen molar-refractivity contribution in [3.63, 3.8) is 0 Å². The largest absolute Gasteiger partial charge is 0.403 e. The van der Waals surface area contributed by atoms with Gasteiger partial charge in [0, 0.05) is 28.4 Å². The summed E-state index contributed by atoms with van der Waals surface area (Å²) in [5.74, 6) is 1.05. The Hall–Kier alpha value is -1.11. The maximum absolute atomic E-state index is 4.71. The highest BCUT2D eigenvalue weighted by molar-refractivity contribution is 6.49. The molecule has 0 fully saturated rings. The molecule has 0 amide bonds. The fourth-order valence-electron chi connectivity index (χ4n) is 5.38. The van der Waals surface area contributed by atoms with Crippen LogP contribution in [0, 0.1) is 0 Å². The summed E-state index contributed by atoms with van der Waals surface area (Å²) in [6, 6.07) is 6.21. The van der Waals surface area contributed by atoms with Gasteiger partial charge in [-0.2, -0.15) is 0 Å². The Kier molecular flexibility index (Phi) is 8.83. The molecule has 0 bridgehead atoms. The number of hydrogen-bond donors (Lipinski definition) is 0. The number of nitrogens with zero attached hydrogens (tertiary/aromatic N) is 5. The van der Waals surface area contributed by atoms with Crippen molar-refractivity contribution >= 4 is 12.9 Å². The van der Waals surface area contributed by atoms with Gasteiger partial charge in [-0.1, -0.05) is 6.07 Å². The normalized spacial score (nSPS) is 14.0. The lowest BCUT2D eigenvalue weighted by Gasteiger charge is -2.55. The van der Waals surface area contributed by atoms with Crippen LogP contribution in [-0.2, 0) is 0 Å². The van der Waals surface area contributed by atoms with E-state index in [1.807, 2.05) is 12.3 Å². The molecule has 1 rings (SSSR count). The minimum atomic E-state index is -0.0425. The van der Waals surface area contributed by atoms with Crippen LogP contribution >= 0.6 is 0 Å². The van der Waals surface area contributed by atoms with Gasteiger partial charge in [0.25, 0.3) is 0 Å².